The van der Waals surface area contributed by atoms with E-state index in [1.54, 1.807) is 0 Å². The van der Waals surface area contributed by atoms with Crippen molar-refractivity contribution < 1.29 is 4.79 Å². The summed E-state index contributed by atoms with van der Waals surface area (Å²) in [6.07, 6.45) is 0.847. The van der Waals surface area contributed by atoms with E-state index >= 15 is 0 Å². The summed E-state index contributed by atoms with van der Waals surface area (Å²) < 4.78 is 0. The summed E-state index contributed by atoms with van der Waals surface area (Å²) in [7, 11) is 0. The number of carbonyl (C=O) groups excluding carboxylic acids is 1. The van der Waals surface area contributed by atoms with Crippen LogP contribution >= 0.6 is 0 Å². The zero-order valence-electron chi connectivity index (χ0n) is 9.29. The molecule has 1 aliphatic heterocycles. The van der Waals surface area contributed by atoms with E-state index in [4.69, 9.17) is 11.5 Å². The van der Waals surface area contributed by atoms with Crippen molar-refractivity contribution in [2.45, 2.75) is 39.3 Å². The highest BCUT2D eigenvalue weighted by atomic mass is 16.1. The molecule has 0 aliphatic carbocycles. The van der Waals surface area contributed by atoms with Gasteiger partial charge in [0.15, 0.2) is 0 Å². The highest BCUT2D eigenvalue weighted by Gasteiger charge is 2.40. The van der Waals surface area contributed by atoms with E-state index < -0.39 is 0 Å². The lowest BCUT2D eigenvalue weighted by atomic mass is 9.89. The molecule has 0 saturated carbocycles. The minimum absolute atomic E-state index is 0.130. The van der Waals surface area contributed by atoms with Crippen molar-refractivity contribution in [3.05, 3.63) is 0 Å². The van der Waals surface area contributed by atoms with Crippen molar-refractivity contribution in [1.29, 1.82) is 0 Å². The van der Waals surface area contributed by atoms with Gasteiger partial charge in [-0.25, -0.2) is 0 Å². The average Bonchev–Trinajstić information content (AvgIpc) is 2.48. The van der Waals surface area contributed by atoms with Gasteiger partial charge >= 0.3 is 0 Å². The Bertz CT molecular complexity index is 229. The fourth-order valence-electron chi connectivity index (χ4n) is 1.88. The number of hydrogen-bond donors (Lipinski definition) is 2. The third-order valence-corrected chi connectivity index (χ3v) is 3.43. The Morgan fingerprint density at radius 3 is 2.43 bits per heavy atom. The Kier molecular flexibility index (Phi) is 3.17. The first kappa shape index (κ1) is 11.5. The number of nitrogens with zero attached hydrogens (tertiary/aromatic N) is 1. The zero-order chi connectivity index (χ0) is 10.9. The lowest BCUT2D eigenvalue weighted by Crippen LogP contribution is -2.45. The summed E-state index contributed by atoms with van der Waals surface area (Å²) in [4.78, 5) is 13.5. The van der Waals surface area contributed by atoms with Gasteiger partial charge in [0.2, 0.25) is 5.91 Å². The predicted molar refractivity (Wildman–Crippen MR) is 56.6 cm³/mol. The van der Waals surface area contributed by atoms with Gasteiger partial charge in [0, 0.05) is 18.6 Å². The standard InChI is InChI=1S/C10H21N3O/c1-7(11)8(2)13-5-4-10(3,6-13)9(12)14/h7-8H,4-6,11H2,1-3H3,(H2,12,14). The number of carbonyl (C=O) groups is 1. The summed E-state index contributed by atoms with van der Waals surface area (Å²) in [6, 6.07) is 0.446. The summed E-state index contributed by atoms with van der Waals surface area (Å²) >= 11 is 0. The average molecular weight is 199 g/mol. The minimum Gasteiger partial charge on any atom is -0.369 e. The number of hydrogen-bond acceptors (Lipinski definition) is 3. The van der Waals surface area contributed by atoms with Crippen LogP contribution in [0.4, 0.5) is 0 Å². The van der Waals surface area contributed by atoms with Crippen LogP contribution in [-0.4, -0.2) is 36.0 Å². The molecule has 0 aromatic heterocycles. The Balaban J connectivity index is 2.61. The van der Waals surface area contributed by atoms with Gasteiger partial charge in [0.25, 0.3) is 0 Å². The quantitative estimate of drug-likeness (QED) is 0.667. The fraction of sp³-hybridized carbons (Fsp3) is 0.900. The van der Waals surface area contributed by atoms with Crippen molar-refractivity contribution in [1.82, 2.24) is 4.90 Å². The summed E-state index contributed by atoms with van der Waals surface area (Å²) in [5.41, 5.74) is 10.8. The second kappa shape index (κ2) is 3.87. The minimum atomic E-state index is -0.358. The maximum atomic E-state index is 11.2. The molecule has 0 aromatic rings. The smallest absolute Gasteiger partial charge is 0.224 e. The summed E-state index contributed by atoms with van der Waals surface area (Å²) in [5.74, 6) is -0.197. The van der Waals surface area contributed by atoms with E-state index in [1.165, 1.54) is 0 Å². The van der Waals surface area contributed by atoms with Crippen LogP contribution in [-0.2, 0) is 4.79 Å². The van der Waals surface area contributed by atoms with E-state index in [1.807, 2.05) is 13.8 Å². The van der Waals surface area contributed by atoms with Crippen LogP contribution in [0.5, 0.6) is 0 Å². The van der Waals surface area contributed by atoms with E-state index in [9.17, 15) is 4.79 Å². The number of nitrogens with two attached hydrogens (primary N) is 2. The summed E-state index contributed by atoms with van der Waals surface area (Å²) in [6.45, 7) is 7.68. The van der Waals surface area contributed by atoms with Crippen molar-refractivity contribution >= 4 is 5.91 Å². The molecule has 1 aliphatic rings. The predicted octanol–water partition coefficient (Wildman–Crippen LogP) is -0.0806. The highest BCUT2D eigenvalue weighted by Crippen LogP contribution is 2.30. The van der Waals surface area contributed by atoms with E-state index in [0.29, 0.717) is 6.04 Å². The number of primary amides is 1. The number of amides is 1. The molecule has 1 rings (SSSR count). The maximum Gasteiger partial charge on any atom is 0.224 e. The largest absolute Gasteiger partial charge is 0.369 e. The lowest BCUT2D eigenvalue weighted by Gasteiger charge is -2.28. The Morgan fingerprint density at radius 1 is 1.50 bits per heavy atom. The molecule has 0 aromatic carbocycles. The fourth-order valence-corrected chi connectivity index (χ4v) is 1.88. The van der Waals surface area contributed by atoms with Gasteiger partial charge in [-0.1, -0.05) is 0 Å². The maximum absolute atomic E-state index is 11.2. The van der Waals surface area contributed by atoms with Gasteiger partial charge in [-0.05, 0) is 33.7 Å². The van der Waals surface area contributed by atoms with Gasteiger partial charge in [-0.15, -0.1) is 0 Å². The Labute approximate surface area is 85.6 Å². The van der Waals surface area contributed by atoms with E-state index in [0.717, 1.165) is 19.5 Å². The molecule has 14 heavy (non-hydrogen) atoms. The Hall–Kier alpha value is -0.610. The van der Waals surface area contributed by atoms with Gasteiger partial charge in [-0.2, -0.15) is 0 Å². The molecule has 1 heterocycles. The van der Waals surface area contributed by atoms with Crippen LogP contribution in [0.3, 0.4) is 0 Å². The molecule has 1 saturated heterocycles. The van der Waals surface area contributed by atoms with E-state index in [2.05, 4.69) is 11.8 Å². The van der Waals surface area contributed by atoms with E-state index in [-0.39, 0.29) is 17.4 Å². The van der Waals surface area contributed by atoms with Crippen molar-refractivity contribution in [2.24, 2.45) is 16.9 Å². The van der Waals surface area contributed by atoms with Gasteiger partial charge < -0.3 is 11.5 Å². The lowest BCUT2D eigenvalue weighted by molar-refractivity contribution is -0.126. The normalized spacial score (nSPS) is 32.9. The molecular formula is C10H21N3O. The molecule has 1 fully saturated rings. The SMILES string of the molecule is CC(N)C(C)N1CCC(C)(C(N)=O)C1. The molecule has 82 valence electrons. The first-order valence-electron chi connectivity index (χ1n) is 5.16. The first-order chi connectivity index (χ1) is 6.37. The van der Waals surface area contributed by atoms with Gasteiger partial charge in [-0.3, -0.25) is 9.69 Å². The molecular weight excluding hydrogens is 178 g/mol. The zero-order valence-corrected chi connectivity index (χ0v) is 9.29. The molecule has 4 N–H and O–H groups in total. The number of rotatable bonds is 3. The van der Waals surface area contributed by atoms with Gasteiger partial charge in [0.05, 0.1) is 5.41 Å². The third-order valence-electron chi connectivity index (χ3n) is 3.43. The molecule has 3 atom stereocenters. The summed E-state index contributed by atoms with van der Waals surface area (Å²) in [5, 5.41) is 0. The molecule has 0 bridgehead atoms. The monoisotopic (exact) mass is 199 g/mol. The molecule has 1 amide bonds. The van der Waals surface area contributed by atoms with Crippen LogP contribution in [0.25, 0.3) is 0 Å². The molecule has 0 radical (unpaired) electrons. The van der Waals surface area contributed by atoms with Crippen LogP contribution in [0.15, 0.2) is 0 Å². The van der Waals surface area contributed by atoms with Crippen molar-refractivity contribution in [2.75, 3.05) is 13.1 Å². The van der Waals surface area contributed by atoms with Gasteiger partial charge in [0.1, 0.15) is 0 Å². The molecule has 4 heteroatoms. The van der Waals surface area contributed by atoms with Crippen molar-refractivity contribution in [3.63, 3.8) is 0 Å². The van der Waals surface area contributed by atoms with Crippen LogP contribution in [0, 0.1) is 5.41 Å². The third kappa shape index (κ3) is 2.07. The topological polar surface area (TPSA) is 72.3 Å². The van der Waals surface area contributed by atoms with Crippen LogP contribution in [0.1, 0.15) is 27.2 Å². The molecule has 0 spiro atoms. The van der Waals surface area contributed by atoms with Crippen LogP contribution < -0.4 is 11.5 Å². The van der Waals surface area contributed by atoms with Crippen LogP contribution in [0.2, 0.25) is 0 Å². The van der Waals surface area contributed by atoms with Crippen molar-refractivity contribution in [3.8, 4) is 0 Å². The second-order valence-corrected chi connectivity index (χ2v) is 4.75. The molecule has 4 nitrogen and oxygen atoms in total. The molecule has 3 unspecified atom stereocenters. The Morgan fingerprint density at radius 2 is 2.07 bits per heavy atom. The second-order valence-electron chi connectivity index (χ2n) is 4.75. The highest BCUT2D eigenvalue weighted by molar-refractivity contribution is 5.81. The first-order valence-corrected chi connectivity index (χ1v) is 5.16. The number of likely N-dealkylation sites (tertiary alicyclic amines) is 1.